The van der Waals surface area contributed by atoms with Gasteiger partial charge in [0.25, 0.3) is 5.91 Å². The van der Waals surface area contributed by atoms with E-state index in [1.165, 1.54) is 6.07 Å². The molecule has 5 nitrogen and oxygen atoms in total. The van der Waals surface area contributed by atoms with Crippen molar-refractivity contribution in [1.29, 1.82) is 0 Å². The first-order chi connectivity index (χ1) is 15.9. The normalized spacial score (nSPS) is 17.0. The first kappa shape index (κ1) is 22.7. The lowest BCUT2D eigenvalue weighted by molar-refractivity contribution is -0.127. The molecule has 0 unspecified atom stereocenters. The number of piperidine rings is 1. The minimum Gasteiger partial charge on any atom is -0.496 e. The molecule has 1 aliphatic heterocycles. The van der Waals surface area contributed by atoms with Gasteiger partial charge >= 0.3 is 0 Å². The van der Waals surface area contributed by atoms with Gasteiger partial charge in [-0.3, -0.25) is 9.59 Å². The quantitative estimate of drug-likeness (QED) is 0.602. The monoisotopic (exact) mass is 452 g/mol. The number of carbonyl (C=O) groups is 2. The van der Waals surface area contributed by atoms with Crippen molar-refractivity contribution in [2.45, 2.75) is 25.8 Å². The molecular weight excluding hydrogens is 426 g/mol. The Balaban J connectivity index is 1.48. The lowest BCUT2D eigenvalue weighted by Gasteiger charge is -2.33. The van der Waals surface area contributed by atoms with Crippen LogP contribution in [-0.4, -0.2) is 36.9 Å². The van der Waals surface area contributed by atoms with Gasteiger partial charge in [0.15, 0.2) is 11.6 Å². The Bertz CT molecular complexity index is 1200. The largest absolute Gasteiger partial charge is 0.496 e. The zero-order valence-electron chi connectivity index (χ0n) is 18.6. The van der Waals surface area contributed by atoms with Crippen LogP contribution in [0, 0.1) is 17.6 Å². The van der Waals surface area contributed by atoms with E-state index in [-0.39, 0.29) is 17.7 Å². The maximum Gasteiger partial charge on any atom is 0.254 e. The predicted octanol–water partition coefficient (Wildman–Crippen LogP) is 4.86. The molecule has 172 valence electrons. The molecule has 1 N–H and O–H groups in total. The van der Waals surface area contributed by atoms with Crippen molar-refractivity contribution < 1.29 is 23.1 Å². The van der Waals surface area contributed by atoms with E-state index in [9.17, 15) is 18.4 Å². The van der Waals surface area contributed by atoms with Crippen LogP contribution in [0.15, 0.2) is 54.6 Å². The minimum absolute atomic E-state index is 0.125. The Kier molecular flexibility index (Phi) is 6.58. The molecule has 2 amide bonds. The second-order valence-electron chi connectivity index (χ2n) is 8.36. The summed E-state index contributed by atoms with van der Waals surface area (Å²) in [5.41, 5.74) is 1.05. The van der Waals surface area contributed by atoms with Crippen LogP contribution in [0.5, 0.6) is 5.75 Å². The number of hydrogen-bond acceptors (Lipinski definition) is 3. The van der Waals surface area contributed by atoms with Crippen LogP contribution in [0.1, 0.15) is 41.7 Å². The summed E-state index contributed by atoms with van der Waals surface area (Å²) in [6.45, 7) is 2.59. The Morgan fingerprint density at radius 2 is 1.82 bits per heavy atom. The molecule has 0 spiro atoms. The molecule has 0 saturated carbocycles. The van der Waals surface area contributed by atoms with Crippen LogP contribution in [0.4, 0.5) is 8.78 Å². The Morgan fingerprint density at radius 1 is 1.06 bits per heavy atom. The average Bonchev–Trinajstić information content (AvgIpc) is 2.84. The SMILES string of the molecule is COc1ccc(C(=O)N2CCC[C@@H](C(=O)N[C@H](C)c3ccc(F)c(F)c3)C2)c2ccccc12. The molecule has 1 aliphatic rings. The predicted molar refractivity (Wildman–Crippen MR) is 122 cm³/mol. The second-order valence-corrected chi connectivity index (χ2v) is 8.36. The highest BCUT2D eigenvalue weighted by Crippen LogP contribution is 2.30. The molecule has 3 aromatic carbocycles. The van der Waals surface area contributed by atoms with Gasteiger partial charge in [-0.2, -0.15) is 0 Å². The molecule has 7 heteroatoms. The highest BCUT2D eigenvalue weighted by atomic mass is 19.2. The highest BCUT2D eigenvalue weighted by molar-refractivity contribution is 6.08. The summed E-state index contributed by atoms with van der Waals surface area (Å²) < 4.78 is 32.2. The van der Waals surface area contributed by atoms with Gasteiger partial charge < -0.3 is 15.0 Å². The molecule has 1 saturated heterocycles. The molecule has 0 aliphatic carbocycles. The van der Waals surface area contributed by atoms with E-state index in [1.807, 2.05) is 24.3 Å². The van der Waals surface area contributed by atoms with Crippen molar-refractivity contribution in [2.75, 3.05) is 20.2 Å². The fourth-order valence-electron chi connectivity index (χ4n) is 4.38. The number of carbonyl (C=O) groups excluding carboxylic acids is 2. The highest BCUT2D eigenvalue weighted by Gasteiger charge is 2.30. The van der Waals surface area contributed by atoms with Crippen molar-refractivity contribution in [3.8, 4) is 5.75 Å². The summed E-state index contributed by atoms with van der Waals surface area (Å²) in [5, 5.41) is 4.54. The van der Waals surface area contributed by atoms with Gasteiger partial charge in [0.05, 0.1) is 19.1 Å². The number of methoxy groups -OCH3 is 1. The van der Waals surface area contributed by atoms with Gasteiger partial charge in [-0.05, 0) is 55.0 Å². The van der Waals surface area contributed by atoms with E-state index in [0.717, 1.165) is 22.9 Å². The van der Waals surface area contributed by atoms with Crippen LogP contribution < -0.4 is 10.1 Å². The molecular formula is C26H26F2N2O3. The second kappa shape index (κ2) is 9.57. The minimum atomic E-state index is -0.949. The number of nitrogens with one attached hydrogen (secondary N) is 1. The number of amides is 2. The van der Waals surface area contributed by atoms with E-state index in [2.05, 4.69) is 5.32 Å². The molecule has 0 bridgehead atoms. The van der Waals surface area contributed by atoms with Crippen molar-refractivity contribution in [2.24, 2.45) is 5.92 Å². The molecule has 33 heavy (non-hydrogen) atoms. The van der Waals surface area contributed by atoms with E-state index < -0.39 is 17.7 Å². The standard InChI is InChI=1S/C26H26F2N2O3/c1-16(17-9-11-22(27)23(28)14-17)29-25(31)18-6-5-13-30(15-18)26(32)21-10-12-24(33-2)20-8-4-3-7-19(20)21/h3-4,7-12,14,16,18H,5-6,13,15H2,1-2H3,(H,29,31)/t16-,18-/m1/s1. The lowest BCUT2D eigenvalue weighted by Crippen LogP contribution is -2.45. The third kappa shape index (κ3) is 4.67. The van der Waals surface area contributed by atoms with E-state index in [1.54, 1.807) is 31.1 Å². The number of halogens is 2. The molecule has 2 atom stereocenters. The number of fused-ring (bicyclic) bond motifs is 1. The molecule has 3 aromatic rings. The Morgan fingerprint density at radius 3 is 2.55 bits per heavy atom. The van der Waals surface area contributed by atoms with Crippen LogP contribution >= 0.6 is 0 Å². The zero-order chi connectivity index (χ0) is 23.5. The van der Waals surface area contributed by atoms with E-state index in [4.69, 9.17) is 4.74 Å². The number of ether oxygens (including phenoxy) is 1. The Labute approximate surface area is 191 Å². The topological polar surface area (TPSA) is 58.6 Å². The van der Waals surface area contributed by atoms with Gasteiger partial charge in [0.1, 0.15) is 5.75 Å². The fraction of sp³-hybridized carbons (Fsp3) is 0.308. The maximum absolute atomic E-state index is 13.6. The van der Waals surface area contributed by atoms with Crippen LogP contribution in [0.25, 0.3) is 10.8 Å². The first-order valence-corrected chi connectivity index (χ1v) is 11.0. The molecule has 4 rings (SSSR count). The number of benzene rings is 3. The van der Waals surface area contributed by atoms with Gasteiger partial charge in [0.2, 0.25) is 5.91 Å². The van der Waals surface area contributed by atoms with Gasteiger partial charge in [-0.25, -0.2) is 8.78 Å². The van der Waals surface area contributed by atoms with E-state index >= 15 is 0 Å². The number of hydrogen-bond donors (Lipinski definition) is 1. The third-order valence-corrected chi connectivity index (χ3v) is 6.22. The number of nitrogens with zero attached hydrogens (tertiary/aromatic N) is 1. The summed E-state index contributed by atoms with van der Waals surface area (Å²) in [5.74, 6) is -1.88. The van der Waals surface area contributed by atoms with E-state index in [0.29, 0.717) is 42.8 Å². The maximum atomic E-state index is 13.6. The van der Waals surface area contributed by atoms with Crippen molar-refractivity contribution in [1.82, 2.24) is 10.2 Å². The van der Waals surface area contributed by atoms with Crippen LogP contribution in [0.3, 0.4) is 0 Å². The summed E-state index contributed by atoms with van der Waals surface area (Å²) in [4.78, 5) is 28.0. The third-order valence-electron chi connectivity index (χ3n) is 6.22. The molecule has 0 radical (unpaired) electrons. The average molecular weight is 453 g/mol. The van der Waals surface area contributed by atoms with Crippen LogP contribution in [0.2, 0.25) is 0 Å². The van der Waals surface area contributed by atoms with Crippen molar-refractivity contribution in [3.63, 3.8) is 0 Å². The van der Waals surface area contributed by atoms with Gasteiger partial charge in [0, 0.05) is 24.0 Å². The summed E-state index contributed by atoms with van der Waals surface area (Å²) >= 11 is 0. The smallest absolute Gasteiger partial charge is 0.254 e. The van der Waals surface area contributed by atoms with Crippen LogP contribution in [-0.2, 0) is 4.79 Å². The van der Waals surface area contributed by atoms with Gasteiger partial charge in [-0.1, -0.05) is 30.3 Å². The number of likely N-dealkylation sites (tertiary alicyclic amines) is 1. The molecule has 1 heterocycles. The van der Waals surface area contributed by atoms with Crippen molar-refractivity contribution in [3.05, 3.63) is 77.4 Å². The Hall–Kier alpha value is -3.48. The summed E-state index contributed by atoms with van der Waals surface area (Å²) in [7, 11) is 1.60. The zero-order valence-corrected chi connectivity index (χ0v) is 18.6. The molecule has 0 aromatic heterocycles. The summed E-state index contributed by atoms with van der Waals surface area (Å²) in [6.07, 6.45) is 1.36. The lowest BCUT2D eigenvalue weighted by atomic mass is 9.95. The van der Waals surface area contributed by atoms with Crippen molar-refractivity contribution >= 4 is 22.6 Å². The summed E-state index contributed by atoms with van der Waals surface area (Å²) in [6, 6.07) is 14.2. The first-order valence-electron chi connectivity index (χ1n) is 11.0. The van der Waals surface area contributed by atoms with Gasteiger partial charge in [-0.15, -0.1) is 0 Å². The molecule has 1 fully saturated rings. The fourth-order valence-corrected chi connectivity index (χ4v) is 4.38. The number of rotatable bonds is 5.